The predicted molar refractivity (Wildman–Crippen MR) is 84.8 cm³/mol. The Morgan fingerprint density at radius 3 is 2.50 bits per heavy atom. The molecule has 4 heteroatoms. The Balaban J connectivity index is 2.20. The van der Waals surface area contributed by atoms with Gasteiger partial charge in [-0.25, -0.2) is 0 Å². The summed E-state index contributed by atoms with van der Waals surface area (Å²) in [7, 11) is 0. The number of hydrogen-bond donors (Lipinski definition) is 2. The van der Waals surface area contributed by atoms with E-state index in [1.807, 2.05) is 6.92 Å². The quantitative estimate of drug-likeness (QED) is 0.636. The monoisotopic (exact) mass is 283 g/mol. The third-order valence-corrected chi connectivity index (χ3v) is 4.27. The van der Waals surface area contributed by atoms with Gasteiger partial charge in [0.05, 0.1) is 6.04 Å². The molecule has 118 valence electrons. The van der Waals surface area contributed by atoms with E-state index in [1.165, 1.54) is 19.3 Å². The van der Waals surface area contributed by atoms with Crippen LogP contribution in [0, 0.1) is 5.92 Å². The lowest BCUT2D eigenvalue weighted by atomic mass is 9.95. The Labute approximate surface area is 124 Å². The fourth-order valence-electron chi connectivity index (χ4n) is 2.73. The van der Waals surface area contributed by atoms with Crippen LogP contribution in [0.2, 0.25) is 0 Å². The summed E-state index contributed by atoms with van der Waals surface area (Å²) in [4.78, 5) is 14.4. The second-order valence-electron chi connectivity index (χ2n) is 6.00. The second kappa shape index (κ2) is 10.2. The predicted octanol–water partition coefficient (Wildman–Crippen LogP) is 2.00. The molecule has 1 atom stereocenters. The van der Waals surface area contributed by atoms with E-state index in [4.69, 9.17) is 0 Å². The molecule has 2 N–H and O–H groups in total. The SMILES string of the molecule is CCCCNC(=O)C(C)N1CCC(CNCCC)CC1. The molecule has 0 spiro atoms. The molecule has 0 radical (unpaired) electrons. The Morgan fingerprint density at radius 2 is 1.90 bits per heavy atom. The van der Waals surface area contributed by atoms with Gasteiger partial charge in [0.15, 0.2) is 0 Å². The number of likely N-dealkylation sites (tertiary alicyclic amines) is 1. The Morgan fingerprint density at radius 1 is 1.20 bits per heavy atom. The molecular formula is C16H33N3O. The van der Waals surface area contributed by atoms with Gasteiger partial charge in [0.25, 0.3) is 0 Å². The van der Waals surface area contributed by atoms with Crippen LogP contribution in [0.15, 0.2) is 0 Å². The van der Waals surface area contributed by atoms with Gasteiger partial charge in [-0.2, -0.15) is 0 Å². The average molecular weight is 283 g/mol. The summed E-state index contributed by atoms with van der Waals surface area (Å²) < 4.78 is 0. The molecule has 1 unspecified atom stereocenters. The van der Waals surface area contributed by atoms with Crippen LogP contribution >= 0.6 is 0 Å². The first-order valence-electron chi connectivity index (χ1n) is 8.41. The van der Waals surface area contributed by atoms with E-state index in [9.17, 15) is 4.79 Å². The number of carbonyl (C=O) groups excluding carboxylic acids is 1. The normalized spacial score (nSPS) is 18.9. The first-order chi connectivity index (χ1) is 9.69. The van der Waals surface area contributed by atoms with Crippen LogP contribution in [-0.4, -0.2) is 49.6 Å². The first kappa shape index (κ1) is 17.4. The standard InChI is InChI=1S/C16H33N3O/c1-4-6-10-18-16(20)14(3)19-11-7-15(8-12-19)13-17-9-5-2/h14-15,17H,4-13H2,1-3H3,(H,18,20). The second-order valence-corrected chi connectivity index (χ2v) is 6.00. The highest BCUT2D eigenvalue weighted by molar-refractivity contribution is 5.81. The third kappa shape index (κ3) is 6.23. The zero-order valence-corrected chi connectivity index (χ0v) is 13.6. The summed E-state index contributed by atoms with van der Waals surface area (Å²) in [5, 5.41) is 6.55. The molecule has 1 amide bonds. The number of amides is 1. The van der Waals surface area contributed by atoms with E-state index in [2.05, 4.69) is 29.4 Å². The first-order valence-corrected chi connectivity index (χ1v) is 8.41. The minimum Gasteiger partial charge on any atom is -0.355 e. The maximum Gasteiger partial charge on any atom is 0.237 e. The number of nitrogens with one attached hydrogen (secondary N) is 2. The molecule has 1 heterocycles. The topological polar surface area (TPSA) is 44.4 Å². The summed E-state index contributed by atoms with van der Waals surface area (Å²) >= 11 is 0. The maximum atomic E-state index is 12.0. The van der Waals surface area contributed by atoms with Crippen molar-refractivity contribution in [2.45, 2.75) is 58.9 Å². The van der Waals surface area contributed by atoms with Crippen LogP contribution in [0.5, 0.6) is 0 Å². The summed E-state index contributed by atoms with van der Waals surface area (Å²) in [5.41, 5.74) is 0. The van der Waals surface area contributed by atoms with Crippen molar-refractivity contribution in [2.24, 2.45) is 5.92 Å². The van der Waals surface area contributed by atoms with Crippen molar-refractivity contribution in [1.29, 1.82) is 0 Å². The minimum atomic E-state index is 0.0245. The van der Waals surface area contributed by atoms with Crippen LogP contribution in [0.1, 0.15) is 52.9 Å². The largest absolute Gasteiger partial charge is 0.355 e. The number of nitrogens with zero attached hydrogens (tertiary/aromatic N) is 1. The molecule has 1 fully saturated rings. The number of unbranched alkanes of at least 4 members (excludes halogenated alkanes) is 1. The van der Waals surface area contributed by atoms with Crippen LogP contribution in [0.3, 0.4) is 0 Å². The van der Waals surface area contributed by atoms with Gasteiger partial charge in [0.1, 0.15) is 0 Å². The molecule has 1 rings (SSSR count). The van der Waals surface area contributed by atoms with Gasteiger partial charge in [-0.15, -0.1) is 0 Å². The van der Waals surface area contributed by atoms with E-state index < -0.39 is 0 Å². The van der Waals surface area contributed by atoms with Gasteiger partial charge in [0, 0.05) is 6.54 Å². The van der Waals surface area contributed by atoms with Gasteiger partial charge in [-0.05, 0) is 64.7 Å². The molecule has 1 aliphatic heterocycles. The van der Waals surface area contributed by atoms with Gasteiger partial charge in [0.2, 0.25) is 5.91 Å². The number of hydrogen-bond acceptors (Lipinski definition) is 3. The Hall–Kier alpha value is -0.610. The summed E-state index contributed by atoms with van der Waals surface area (Å²) in [6.07, 6.45) is 5.83. The van der Waals surface area contributed by atoms with Crippen LogP contribution in [0.4, 0.5) is 0 Å². The highest BCUT2D eigenvalue weighted by atomic mass is 16.2. The summed E-state index contributed by atoms with van der Waals surface area (Å²) in [6, 6.07) is 0.0245. The van der Waals surface area contributed by atoms with Crippen LogP contribution < -0.4 is 10.6 Å². The third-order valence-electron chi connectivity index (χ3n) is 4.27. The zero-order valence-electron chi connectivity index (χ0n) is 13.6. The fraction of sp³-hybridized carbons (Fsp3) is 0.938. The highest BCUT2D eigenvalue weighted by Crippen LogP contribution is 2.18. The Bertz CT molecular complexity index is 262. The van der Waals surface area contributed by atoms with E-state index in [0.717, 1.165) is 51.5 Å². The maximum absolute atomic E-state index is 12.0. The van der Waals surface area contributed by atoms with Crippen molar-refractivity contribution in [3.05, 3.63) is 0 Å². The number of carbonyl (C=O) groups is 1. The van der Waals surface area contributed by atoms with E-state index in [0.29, 0.717) is 0 Å². The Kier molecular flexibility index (Phi) is 8.86. The van der Waals surface area contributed by atoms with Gasteiger partial charge < -0.3 is 10.6 Å². The molecule has 1 aliphatic rings. The molecule has 0 aromatic rings. The number of rotatable bonds is 9. The highest BCUT2D eigenvalue weighted by Gasteiger charge is 2.26. The van der Waals surface area contributed by atoms with Crippen molar-refractivity contribution >= 4 is 5.91 Å². The van der Waals surface area contributed by atoms with E-state index in [-0.39, 0.29) is 11.9 Å². The van der Waals surface area contributed by atoms with Crippen LogP contribution in [0.25, 0.3) is 0 Å². The lowest BCUT2D eigenvalue weighted by Crippen LogP contribution is -2.49. The molecule has 20 heavy (non-hydrogen) atoms. The van der Waals surface area contributed by atoms with Crippen molar-refractivity contribution < 1.29 is 4.79 Å². The van der Waals surface area contributed by atoms with Crippen molar-refractivity contribution in [3.8, 4) is 0 Å². The molecule has 0 aromatic carbocycles. The molecule has 0 bridgehead atoms. The lowest BCUT2D eigenvalue weighted by molar-refractivity contribution is -0.126. The molecular weight excluding hydrogens is 250 g/mol. The van der Waals surface area contributed by atoms with Crippen molar-refractivity contribution in [1.82, 2.24) is 15.5 Å². The molecule has 4 nitrogen and oxygen atoms in total. The van der Waals surface area contributed by atoms with Crippen LogP contribution in [-0.2, 0) is 4.79 Å². The molecule has 1 saturated heterocycles. The van der Waals surface area contributed by atoms with Crippen molar-refractivity contribution in [3.63, 3.8) is 0 Å². The van der Waals surface area contributed by atoms with Gasteiger partial charge >= 0.3 is 0 Å². The van der Waals surface area contributed by atoms with E-state index >= 15 is 0 Å². The van der Waals surface area contributed by atoms with Gasteiger partial charge in [-0.3, -0.25) is 9.69 Å². The smallest absolute Gasteiger partial charge is 0.237 e. The lowest BCUT2D eigenvalue weighted by Gasteiger charge is -2.35. The summed E-state index contributed by atoms with van der Waals surface area (Å²) in [5.74, 6) is 0.981. The molecule has 0 aromatic heterocycles. The molecule has 0 aliphatic carbocycles. The fourth-order valence-corrected chi connectivity index (χ4v) is 2.73. The molecule has 0 saturated carbocycles. The minimum absolute atomic E-state index is 0.0245. The van der Waals surface area contributed by atoms with E-state index in [1.54, 1.807) is 0 Å². The van der Waals surface area contributed by atoms with Gasteiger partial charge in [-0.1, -0.05) is 20.3 Å². The van der Waals surface area contributed by atoms with Crippen molar-refractivity contribution in [2.75, 3.05) is 32.7 Å². The zero-order chi connectivity index (χ0) is 14.8. The number of piperidine rings is 1. The average Bonchev–Trinajstić information content (AvgIpc) is 2.47. The summed E-state index contributed by atoms with van der Waals surface area (Å²) in [6.45, 7) is 11.6.